The average Bonchev–Trinajstić information content (AvgIpc) is 3.17. The van der Waals surface area contributed by atoms with E-state index in [1.807, 2.05) is 0 Å². The molecule has 0 aromatic carbocycles. The van der Waals surface area contributed by atoms with Gasteiger partial charge in [-0.1, -0.05) is 6.42 Å². The lowest BCUT2D eigenvalue weighted by Crippen LogP contribution is -2.47. The van der Waals surface area contributed by atoms with Gasteiger partial charge in [-0.2, -0.15) is 0 Å². The van der Waals surface area contributed by atoms with Gasteiger partial charge in [-0.05, 0) is 51.6 Å². The molecule has 5 nitrogen and oxygen atoms in total. The standard InChI is InChI=1S/C14H27N3O2S/c18-20(19,11-3-8-15-12-5-6-12)16-13-7-10-17-9-2-1-4-14(13)17/h12-16H,1-11H2. The maximum absolute atomic E-state index is 12.2. The normalized spacial score (nSPS) is 31.4. The summed E-state index contributed by atoms with van der Waals surface area (Å²) in [5.74, 6) is 0.260. The van der Waals surface area contributed by atoms with Crippen molar-refractivity contribution in [2.45, 2.75) is 63.1 Å². The fourth-order valence-corrected chi connectivity index (χ4v) is 4.91. The van der Waals surface area contributed by atoms with E-state index in [-0.39, 0.29) is 11.8 Å². The Morgan fingerprint density at radius 2 is 1.90 bits per heavy atom. The Balaban J connectivity index is 1.43. The van der Waals surface area contributed by atoms with E-state index in [0.29, 0.717) is 18.5 Å². The van der Waals surface area contributed by atoms with Crippen LogP contribution in [0, 0.1) is 0 Å². The Morgan fingerprint density at radius 1 is 1.05 bits per heavy atom. The highest BCUT2D eigenvalue weighted by Crippen LogP contribution is 2.27. The van der Waals surface area contributed by atoms with Crippen molar-refractivity contribution in [3.05, 3.63) is 0 Å². The zero-order valence-electron chi connectivity index (χ0n) is 12.2. The van der Waals surface area contributed by atoms with E-state index in [1.54, 1.807) is 0 Å². The third-order valence-corrected chi connectivity index (χ3v) is 6.28. The minimum atomic E-state index is -3.11. The molecule has 3 fully saturated rings. The molecule has 3 rings (SSSR count). The molecule has 0 spiro atoms. The predicted molar refractivity (Wildman–Crippen MR) is 80.2 cm³/mol. The van der Waals surface area contributed by atoms with Crippen molar-refractivity contribution in [1.29, 1.82) is 0 Å². The molecule has 2 heterocycles. The fourth-order valence-electron chi connectivity index (χ4n) is 3.53. The lowest BCUT2D eigenvalue weighted by molar-refractivity contribution is 0.186. The summed E-state index contributed by atoms with van der Waals surface area (Å²) in [5.41, 5.74) is 0. The summed E-state index contributed by atoms with van der Waals surface area (Å²) in [7, 11) is -3.11. The van der Waals surface area contributed by atoms with Gasteiger partial charge in [0.1, 0.15) is 0 Å². The molecule has 2 unspecified atom stereocenters. The lowest BCUT2D eigenvalue weighted by Gasteiger charge is -2.32. The third kappa shape index (κ3) is 3.93. The molecule has 0 aromatic rings. The van der Waals surface area contributed by atoms with E-state index < -0.39 is 10.0 Å². The average molecular weight is 301 g/mol. The van der Waals surface area contributed by atoms with Crippen molar-refractivity contribution in [1.82, 2.24) is 14.9 Å². The van der Waals surface area contributed by atoms with Crippen molar-refractivity contribution >= 4 is 10.0 Å². The van der Waals surface area contributed by atoms with Gasteiger partial charge in [0.2, 0.25) is 10.0 Å². The van der Waals surface area contributed by atoms with Crippen molar-refractivity contribution in [3.63, 3.8) is 0 Å². The minimum Gasteiger partial charge on any atom is -0.314 e. The molecule has 1 aliphatic carbocycles. The molecule has 0 bridgehead atoms. The van der Waals surface area contributed by atoms with Gasteiger partial charge in [0.15, 0.2) is 0 Å². The van der Waals surface area contributed by atoms with Crippen LogP contribution >= 0.6 is 0 Å². The van der Waals surface area contributed by atoms with Crippen LogP contribution in [0.4, 0.5) is 0 Å². The van der Waals surface area contributed by atoms with Crippen LogP contribution in [-0.4, -0.2) is 56.8 Å². The molecule has 0 aromatic heterocycles. The number of fused-ring (bicyclic) bond motifs is 1. The molecule has 2 saturated heterocycles. The molecule has 20 heavy (non-hydrogen) atoms. The van der Waals surface area contributed by atoms with Gasteiger partial charge in [0.25, 0.3) is 0 Å². The van der Waals surface area contributed by atoms with Crippen LogP contribution in [0.3, 0.4) is 0 Å². The van der Waals surface area contributed by atoms with E-state index in [9.17, 15) is 8.42 Å². The number of piperidine rings is 1. The van der Waals surface area contributed by atoms with Gasteiger partial charge in [0.05, 0.1) is 5.75 Å². The molecule has 2 aliphatic heterocycles. The number of sulfonamides is 1. The number of hydrogen-bond acceptors (Lipinski definition) is 4. The van der Waals surface area contributed by atoms with E-state index >= 15 is 0 Å². The van der Waals surface area contributed by atoms with Crippen molar-refractivity contribution in [2.24, 2.45) is 0 Å². The largest absolute Gasteiger partial charge is 0.314 e. The van der Waals surface area contributed by atoms with Crippen LogP contribution in [0.15, 0.2) is 0 Å². The summed E-state index contributed by atoms with van der Waals surface area (Å²) >= 11 is 0. The Morgan fingerprint density at radius 3 is 2.70 bits per heavy atom. The van der Waals surface area contributed by atoms with Crippen LogP contribution in [0.25, 0.3) is 0 Å². The third-order valence-electron chi connectivity index (χ3n) is 4.79. The Hall–Kier alpha value is -0.170. The molecule has 0 radical (unpaired) electrons. The molecular weight excluding hydrogens is 274 g/mol. The second-order valence-electron chi connectivity index (χ2n) is 6.51. The van der Waals surface area contributed by atoms with Crippen molar-refractivity contribution in [3.8, 4) is 0 Å². The predicted octanol–water partition coefficient (Wildman–Crippen LogP) is 0.675. The first-order valence-corrected chi connectivity index (χ1v) is 9.77. The molecule has 2 N–H and O–H groups in total. The van der Waals surface area contributed by atoms with Crippen molar-refractivity contribution < 1.29 is 8.42 Å². The smallest absolute Gasteiger partial charge is 0.211 e. The number of nitrogens with one attached hydrogen (secondary N) is 2. The van der Waals surface area contributed by atoms with Crippen molar-refractivity contribution in [2.75, 3.05) is 25.4 Å². The maximum atomic E-state index is 12.2. The first kappa shape index (κ1) is 14.8. The first-order chi connectivity index (χ1) is 9.64. The van der Waals surface area contributed by atoms with Crippen LogP contribution in [0.2, 0.25) is 0 Å². The van der Waals surface area contributed by atoms with Crippen LogP contribution in [0.5, 0.6) is 0 Å². The molecular formula is C14H27N3O2S. The molecule has 2 atom stereocenters. The van der Waals surface area contributed by atoms with E-state index in [2.05, 4.69) is 14.9 Å². The van der Waals surface area contributed by atoms with E-state index in [4.69, 9.17) is 0 Å². The summed E-state index contributed by atoms with van der Waals surface area (Å²) in [5, 5.41) is 3.37. The summed E-state index contributed by atoms with van der Waals surface area (Å²) < 4.78 is 27.3. The molecule has 0 amide bonds. The van der Waals surface area contributed by atoms with Crippen LogP contribution < -0.4 is 10.0 Å². The second kappa shape index (κ2) is 6.30. The van der Waals surface area contributed by atoms with Gasteiger partial charge in [-0.25, -0.2) is 13.1 Å². The Labute approximate surface area is 122 Å². The maximum Gasteiger partial charge on any atom is 0.211 e. The molecule has 3 aliphatic rings. The number of rotatable bonds is 7. The first-order valence-electron chi connectivity index (χ1n) is 8.11. The molecule has 1 saturated carbocycles. The second-order valence-corrected chi connectivity index (χ2v) is 8.39. The van der Waals surface area contributed by atoms with Gasteiger partial charge in [0, 0.05) is 24.7 Å². The van der Waals surface area contributed by atoms with Crippen LogP contribution in [0.1, 0.15) is 44.9 Å². The topological polar surface area (TPSA) is 61.4 Å². The fraction of sp³-hybridized carbons (Fsp3) is 1.00. The monoisotopic (exact) mass is 301 g/mol. The summed E-state index contributed by atoms with van der Waals surface area (Å²) in [6.45, 7) is 3.03. The highest BCUT2D eigenvalue weighted by molar-refractivity contribution is 7.89. The van der Waals surface area contributed by atoms with E-state index in [0.717, 1.165) is 32.5 Å². The van der Waals surface area contributed by atoms with Gasteiger partial charge in [-0.15, -0.1) is 0 Å². The zero-order valence-corrected chi connectivity index (χ0v) is 13.0. The number of nitrogens with zero attached hydrogens (tertiary/aromatic N) is 1. The number of hydrogen-bond donors (Lipinski definition) is 2. The van der Waals surface area contributed by atoms with Gasteiger partial charge >= 0.3 is 0 Å². The summed E-state index contributed by atoms with van der Waals surface area (Å²) in [6, 6.07) is 1.26. The summed E-state index contributed by atoms with van der Waals surface area (Å²) in [4.78, 5) is 2.46. The molecule has 116 valence electrons. The SMILES string of the molecule is O=S(=O)(CCCNC1CC1)NC1CCN2CCCCC12. The Kier molecular flexibility index (Phi) is 4.65. The van der Waals surface area contributed by atoms with E-state index in [1.165, 1.54) is 25.7 Å². The Bertz CT molecular complexity index is 422. The van der Waals surface area contributed by atoms with Gasteiger partial charge in [-0.3, -0.25) is 4.90 Å². The van der Waals surface area contributed by atoms with Gasteiger partial charge < -0.3 is 5.32 Å². The lowest BCUT2D eigenvalue weighted by atomic mass is 10.00. The quantitative estimate of drug-likeness (QED) is 0.679. The highest BCUT2D eigenvalue weighted by atomic mass is 32.2. The summed E-state index contributed by atoms with van der Waals surface area (Å²) in [6.07, 6.45) is 7.86. The van der Waals surface area contributed by atoms with Crippen LogP contribution in [-0.2, 0) is 10.0 Å². The zero-order chi connectivity index (χ0) is 14.0. The molecule has 6 heteroatoms. The highest BCUT2D eigenvalue weighted by Gasteiger charge is 2.37. The minimum absolute atomic E-state index is 0.150.